The van der Waals surface area contributed by atoms with E-state index < -0.39 is 10.0 Å². The van der Waals surface area contributed by atoms with Gasteiger partial charge in [-0.1, -0.05) is 35.9 Å². The van der Waals surface area contributed by atoms with Crippen molar-refractivity contribution >= 4 is 27.5 Å². The number of carbonyl (C=O) groups excluding carboxylic acids is 1. The third kappa shape index (κ3) is 6.92. The fourth-order valence-electron chi connectivity index (χ4n) is 2.71. The summed E-state index contributed by atoms with van der Waals surface area (Å²) in [5.74, 6) is 0.853. The fourth-order valence-corrected chi connectivity index (χ4v) is 3.63. The van der Waals surface area contributed by atoms with Crippen LogP contribution in [-0.2, 0) is 27.8 Å². The highest BCUT2D eigenvalue weighted by atomic mass is 35.5. The first-order chi connectivity index (χ1) is 13.7. The van der Waals surface area contributed by atoms with E-state index in [1.807, 2.05) is 12.1 Å². The molecule has 2 rings (SSSR count). The molecule has 2 aromatic rings. The Morgan fingerprint density at radius 1 is 1.10 bits per heavy atom. The van der Waals surface area contributed by atoms with E-state index >= 15 is 0 Å². The second-order valence-electron chi connectivity index (χ2n) is 6.41. The van der Waals surface area contributed by atoms with Gasteiger partial charge < -0.3 is 14.8 Å². The van der Waals surface area contributed by atoms with Crippen LogP contribution in [0.3, 0.4) is 0 Å². The number of benzene rings is 2. The minimum absolute atomic E-state index is 0.0294. The molecule has 1 amide bonds. The Morgan fingerprint density at radius 2 is 1.79 bits per heavy atom. The van der Waals surface area contributed by atoms with Crippen molar-refractivity contribution in [3.8, 4) is 11.5 Å². The molecule has 29 heavy (non-hydrogen) atoms. The molecule has 0 atom stereocenters. The Bertz CT molecular complexity index is 950. The van der Waals surface area contributed by atoms with Gasteiger partial charge >= 0.3 is 0 Å². The van der Waals surface area contributed by atoms with Gasteiger partial charge in [-0.15, -0.1) is 0 Å². The summed E-state index contributed by atoms with van der Waals surface area (Å²) in [6.45, 7) is 0.107. The summed E-state index contributed by atoms with van der Waals surface area (Å²) in [6.07, 6.45) is 1.64. The molecule has 158 valence electrons. The molecular weight excluding hydrogens is 416 g/mol. The number of rotatable bonds is 10. The molecule has 0 heterocycles. The van der Waals surface area contributed by atoms with Crippen molar-refractivity contribution in [3.63, 3.8) is 0 Å². The van der Waals surface area contributed by atoms with Crippen LogP contribution in [0.5, 0.6) is 11.5 Å². The van der Waals surface area contributed by atoms with Crippen molar-refractivity contribution < 1.29 is 22.7 Å². The normalized spacial score (nSPS) is 11.3. The highest BCUT2D eigenvalue weighted by molar-refractivity contribution is 7.88. The smallest absolute Gasteiger partial charge is 0.235 e. The predicted molar refractivity (Wildman–Crippen MR) is 113 cm³/mol. The minimum atomic E-state index is -3.59. The second-order valence-corrected chi connectivity index (χ2v) is 8.80. The van der Waals surface area contributed by atoms with Gasteiger partial charge in [0, 0.05) is 18.1 Å². The summed E-state index contributed by atoms with van der Waals surface area (Å²) in [4.78, 5) is 12.3. The van der Waals surface area contributed by atoms with Gasteiger partial charge in [0.25, 0.3) is 0 Å². The Morgan fingerprint density at radius 3 is 2.41 bits per heavy atom. The number of ether oxygens (including phenoxy) is 2. The molecule has 0 saturated carbocycles. The number of hydrogen-bond acceptors (Lipinski definition) is 5. The third-order valence-corrected chi connectivity index (χ3v) is 5.84. The summed E-state index contributed by atoms with van der Waals surface area (Å²) in [5.41, 5.74) is 1.59. The quantitative estimate of drug-likeness (QED) is 0.613. The molecular formula is C20H25ClN2O5S. The van der Waals surface area contributed by atoms with Crippen molar-refractivity contribution in [3.05, 3.63) is 58.6 Å². The van der Waals surface area contributed by atoms with E-state index in [0.29, 0.717) is 35.1 Å². The van der Waals surface area contributed by atoms with Gasteiger partial charge in [0.2, 0.25) is 15.9 Å². The first-order valence-electron chi connectivity index (χ1n) is 8.90. The molecule has 0 fully saturated rings. The van der Waals surface area contributed by atoms with Crippen LogP contribution in [0.25, 0.3) is 0 Å². The lowest BCUT2D eigenvalue weighted by molar-refractivity contribution is -0.121. The number of nitrogens with one attached hydrogen (secondary N) is 1. The van der Waals surface area contributed by atoms with Crippen LogP contribution in [0.1, 0.15) is 11.1 Å². The van der Waals surface area contributed by atoms with Crippen LogP contribution in [0.2, 0.25) is 5.02 Å². The minimum Gasteiger partial charge on any atom is -0.493 e. The van der Waals surface area contributed by atoms with Crippen LogP contribution in [-0.4, -0.2) is 52.2 Å². The van der Waals surface area contributed by atoms with Gasteiger partial charge in [0.15, 0.2) is 11.5 Å². The second kappa shape index (κ2) is 10.5. The van der Waals surface area contributed by atoms with E-state index in [2.05, 4.69) is 5.32 Å². The number of halogens is 1. The van der Waals surface area contributed by atoms with E-state index in [1.165, 1.54) is 0 Å². The van der Waals surface area contributed by atoms with Gasteiger partial charge in [0.05, 0.1) is 27.0 Å². The zero-order valence-electron chi connectivity index (χ0n) is 16.6. The Balaban J connectivity index is 1.94. The highest BCUT2D eigenvalue weighted by Crippen LogP contribution is 2.27. The monoisotopic (exact) mass is 440 g/mol. The lowest BCUT2D eigenvalue weighted by Crippen LogP contribution is -2.40. The molecule has 2 aromatic carbocycles. The first kappa shape index (κ1) is 23.0. The van der Waals surface area contributed by atoms with Crippen molar-refractivity contribution in [2.24, 2.45) is 0 Å². The molecule has 9 heteroatoms. The van der Waals surface area contributed by atoms with Crippen LogP contribution >= 0.6 is 11.6 Å². The van der Waals surface area contributed by atoms with E-state index in [4.69, 9.17) is 21.1 Å². The topological polar surface area (TPSA) is 84.9 Å². The summed E-state index contributed by atoms with van der Waals surface area (Å²) in [6, 6.07) is 12.5. The zero-order valence-corrected chi connectivity index (χ0v) is 18.2. The largest absolute Gasteiger partial charge is 0.493 e. The molecule has 0 aromatic heterocycles. The van der Waals surface area contributed by atoms with Crippen molar-refractivity contribution in [2.75, 3.05) is 33.6 Å². The van der Waals surface area contributed by atoms with Gasteiger partial charge in [-0.2, -0.15) is 4.31 Å². The number of hydrogen-bond donors (Lipinski definition) is 1. The number of nitrogens with zero attached hydrogens (tertiary/aromatic N) is 1. The molecule has 0 saturated heterocycles. The van der Waals surface area contributed by atoms with Crippen LogP contribution in [0, 0.1) is 0 Å². The molecule has 0 aliphatic heterocycles. The van der Waals surface area contributed by atoms with Gasteiger partial charge in [-0.3, -0.25) is 4.79 Å². The summed E-state index contributed by atoms with van der Waals surface area (Å²) in [5, 5.41) is 3.20. The van der Waals surface area contributed by atoms with Gasteiger partial charge in [-0.25, -0.2) is 8.42 Å². The Hall–Kier alpha value is -2.29. The molecule has 0 radical (unpaired) electrons. The maximum Gasteiger partial charge on any atom is 0.235 e. The Kier molecular flexibility index (Phi) is 8.31. The van der Waals surface area contributed by atoms with E-state index in [0.717, 1.165) is 16.1 Å². The SMILES string of the molecule is COc1ccc(CCNC(=O)CN(Cc2ccccc2Cl)S(C)(=O)=O)cc1OC. The van der Waals surface area contributed by atoms with Gasteiger partial charge in [-0.05, 0) is 35.7 Å². The maximum absolute atomic E-state index is 12.3. The molecule has 0 spiro atoms. The molecule has 0 aliphatic carbocycles. The van der Waals surface area contributed by atoms with Crippen molar-refractivity contribution in [1.29, 1.82) is 0 Å². The maximum atomic E-state index is 12.3. The third-order valence-electron chi connectivity index (χ3n) is 4.28. The predicted octanol–water partition coefficient (Wildman–Crippen LogP) is 2.48. The van der Waals surface area contributed by atoms with Crippen LogP contribution in [0.4, 0.5) is 0 Å². The molecule has 7 nitrogen and oxygen atoms in total. The zero-order chi connectivity index (χ0) is 21.4. The molecule has 0 aliphatic rings. The number of carbonyl (C=O) groups is 1. The van der Waals surface area contributed by atoms with Crippen molar-refractivity contribution in [1.82, 2.24) is 9.62 Å². The Labute approximate surface area is 176 Å². The lowest BCUT2D eigenvalue weighted by atomic mass is 10.1. The van der Waals surface area contributed by atoms with Crippen molar-refractivity contribution in [2.45, 2.75) is 13.0 Å². The standard InChI is InChI=1S/C20H25ClN2O5S/c1-27-18-9-8-15(12-19(18)28-2)10-11-22-20(24)14-23(29(3,25)26)13-16-6-4-5-7-17(16)21/h4-9,12H,10-11,13-14H2,1-3H3,(H,22,24). The van der Waals surface area contributed by atoms with Crippen LogP contribution in [0.15, 0.2) is 42.5 Å². The lowest BCUT2D eigenvalue weighted by Gasteiger charge is -2.20. The highest BCUT2D eigenvalue weighted by Gasteiger charge is 2.21. The molecule has 0 bridgehead atoms. The fraction of sp³-hybridized carbons (Fsp3) is 0.350. The van der Waals surface area contributed by atoms with E-state index in [1.54, 1.807) is 44.6 Å². The first-order valence-corrected chi connectivity index (χ1v) is 11.1. The average Bonchev–Trinajstić information content (AvgIpc) is 2.68. The molecule has 1 N–H and O–H groups in total. The number of methoxy groups -OCH3 is 2. The number of sulfonamides is 1. The molecule has 0 unspecified atom stereocenters. The average molecular weight is 441 g/mol. The number of amides is 1. The van der Waals surface area contributed by atoms with E-state index in [-0.39, 0.29) is 19.0 Å². The summed E-state index contributed by atoms with van der Waals surface area (Å²) < 4.78 is 35.7. The summed E-state index contributed by atoms with van der Waals surface area (Å²) >= 11 is 6.11. The van der Waals surface area contributed by atoms with E-state index in [9.17, 15) is 13.2 Å². The summed E-state index contributed by atoms with van der Waals surface area (Å²) in [7, 11) is -0.464. The van der Waals surface area contributed by atoms with Crippen LogP contribution < -0.4 is 14.8 Å². The van der Waals surface area contributed by atoms with Gasteiger partial charge in [0.1, 0.15) is 0 Å².